The Morgan fingerprint density at radius 1 is 0.725 bits per heavy atom. The van der Waals surface area contributed by atoms with Crippen molar-refractivity contribution in [2.45, 2.75) is 0 Å². The molecule has 0 aromatic heterocycles. The molecule has 0 aliphatic heterocycles. The largest absolute Gasteiger partial charge is 0.378 e. The molecule has 4 rings (SSSR count). The second kappa shape index (κ2) is 13.4. The second-order valence-electron chi connectivity index (χ2n) is 9.14. The van der Waals surface area contributed by atoms with Gasteiger partial charge in [-0.15, -0.1) is 0 Å². The van der Waals surface area contributed by atoms with Gasteiger partial charge in [0.05, 0.1) is 0 Å². The summed E-state index contributed by atoms with van der Waals surface area (Å²) in [4.78, 5) is 40.7. The lowest BCUT2D eigenvalue weighted by molar-refractivity contribution is -0.113. The van der Waals surface area contributed by atoms with Gasteiger partial charge < -0.3 is 15.5 Å². The van der Waals surface area contributed by atoms with Gasteiger partial charge in [0.25, 0.3) is 11.8 Å². The summed E-state index contributed by atoms with van der Waals surface area (Å²) in [5.74, 6) is -1.05. The number of allylic oxidation sites excluding steroid dienone is 1. The van der Waals surface area contributed by atoms with Gasteiger partial charge >= 0.3 is 0 Å². The standard InChI is InChI=1S/C33H28BrN3O3/c1-37(2)29-19-10-23(11-20-29)12-21-31(38)25-13-17-28(18-14-25)35-33(40)30(22-24-8-15-27(34)16-9-24)36-32(39)26-6-4-3-5-7-26/h3-22H,1-2H3,(H,35,40)(H,36,39)/b21-12+,30-22-. The topological polar surface area (TPSA) is 78.5 Å². The van der Waals surface area contributed by atoms with Crippen molar-refractivity contribution in [3.63, 3.8) is 0 Å². The highest BCUT2D eigenvalue weighted by Gasteiger charge is 2.15. The first-order valence-corrected chi connectivity index (χ1v) is 13.3. The number of anilines is 2. The summed E-state index contributed by atoms with van der Waals surface area (Å²) in [6, 6.07) is 30.5. The first kappa shape index (κ1) is 28.3. The minimum absolute atomic E-state index is 0.0829. The number of hydrogen-bond acceptors (Lipinski definition) is 4. The van der Waals surface area contributed by atoms with Gasteiger partial charge in [0.2, 0.25) is 0 Å². The van der Waals surface area contributed by atoms with Crippen LogP contribution in [0.25, 0.3) is 12.2 Å². The third kappa shape index (κ3) is 7.88. The van der Waals surface area contributed by atoms with Gasteiger partial charge in [-0.05, 0) is 83.9 Å². The molecule has 0 aliphatic rings. The molecule has 0 aliphatic carbocycles. The fourth-order valence-corrected chi connectivity index (χ4v) is 4.00. The van der Waals surface area contributed by atoms with Crippen LogP contribution >= 0.6 is 15.9 Å². The van der Waals surface area contributed by atoms with Gasteiger partial charge in [-0.1, -0.05) is 64.5 Å². The number of carbonyl (C=O) groups excluding carboxylic acids is 3. The summed E-state index contributed by atoms with van der Waals surface area (Å²) in [7, 11) is 3.95. The molecule has 40 heavy (non-hydrogen) atoms. The Labute approximate surface area is 242 Å². The minimum Gasteiger partial charge on any atom is -0.378 e. The van der Waals surface area contributed by atoms with Gasteiger partial charge in [-0.2, -0.15) is 0 Å². The van der Waals surface area contributed by atoms with Crippen molar-refractivity contribution in [3.8, 4) is 0 Å². The molecule has 0 radical (unpaired) electrons. The van der Waals surface area contributed by atoms with Crippen molar-refractivity contribution in [3.05, 3.63) is 142 Å². The number of hydrogen-bond donors (Lipinski definition) is 2. The number of amides is 2. The van der Waals surface area contributed by atoms with E-state index < -0.39 is 11.8 Å². The number of rotatable bonds is 9. The van der Waals surface area contributed by atoms with E-state index in [2.05, 4.69) is 26.6 Å². The van der Waals surface area contributed by atoms with E-state index in [9.17, 15) is 14.4 Å². The van der Waals surface area contributed by atoms with Crippen LogP contribution < -0.4 is 15.5 Å². The van der Waals surface area contributed by atoms with Crippen molar-refractivity contribution in [2.24, 2.45) is 0 Å². The monoisotopic (exact) mass is 593 g/mol. The van der Waals surface area contributed by atoms with E-state index in [1.807, 2.05) is 73.6 Å². The van der Waals surface area contributed by atoms with Crippen LogP contribution in [0.2, 0.25) is 0 Å². The quantitative estimate of drug-likeness (QED) is 0.165. The molecule has 0 bridgehead atoms. The molecule has 200 valence electrons. The first-order chi connectivity index (χ1) is 19.3. The van der Waals surface area contributed by atoms with E-state index >= 15 is 0 Å². The molecule has 0 fully saturated rings. The zero-order valence-corrected chi connectivity index (χ0v) is 23.7. The first-order valence-electron chi connectivity index (χ1n) is 12.5. The van der Waals surface area contributed by atoms with Crippen molar-refractivity contribution in [1.82, 2.24) is 5.32 Å². The number of halogens is 1. The molecular weight excluding hydrogens is 566 g/mol. The Kier molecular flexibility index (Phi) is 9.44. The average molecular weight is 595 g/mol. The lowest BCUT2D eigenvalue weighted by atomic mass is 10.1. The summed E-state index contributed by atoms with van der Waals surface area (Å²) >= 11 is 3.40. The maximum atomic E-state index is 13.2. The van der Waals surface area contributed by atoms with Crippen LogP contribution in [0.5, 0.6) is 0 Å². The molecule has 4 aromatic carbocycles. The number of ketones is 1. The number of carbonyl (C=O) groups is 3. The molecule has 0 unspecified atom stereocenters. The Bertz CT molecular complexity index is 1540. The fraction of sp³-hybridized carbons (Fsp3) is 0.0606. The molecule has 2 amide bonds. The highest BCUT2D eigenvalue weighted by Crippen LogP contribution is 2.17. The van der Waals surface area contributed by atoms with E-state index in [0.717, 1.165) is 21.3 Å². The number of benzene rings is 4. The Hall–Kier alpha value is -4.75. The third-order valence-corrected chi connectivity index (χ3v) is 6.50. The van der Waals surface area contributed by atoms with Crippen LogP contribution in [-0.4, -0.2) is 31.7 Å². The van der Waals surface area contributed by atoms with Crippen LogP contribution in [0.15, 0.2) is 119 Å². The van der Waals surface area contributed by atoms with E-state index in [-0.39, 0.29) is 11.5 Å². The lowest BCUT2D eigenvalue weighted by Gasteiger charge is -2.12. The molecule has 4 aromatic rings. The maximum Gasteiger partial charge on any atom is 0.272 e. The minimum atomic E-state index is -0.493. The molecule has 0 heterocycles. The van der Waals surface area contributed by atoms with Crippen LogP contribution in [-0.2, 0) is 4.79 Å². The van der Waals surface area contributed by atoms with E-state index in [1.165, 1.54) is 6.08 Å². The summed E-state index contributed by atoms with van der Waals surface area (Å²) in [5, 5.41) is 5.52. The molecular formula is C33H28BrN3O3. The number of nitrogens with zero attached hydrogens (tertiary/aromatic N) is 1. The average Bonchev–Trinajstić information content (AvgIpc) is 2.97. The van der Waals surface area contributed by atoms with E-state index in [0.29, 0.717) is 16.8 Å². The predicted octanol–water partition coefficient (Wildman–Crippen LogP) is 6.82. The van der Waals surface area contributed by atoms with Crippen LogP contribution in [0.3, 0.4) is 0 Å². The van der Waals surface area contributed by atoms with E-state index in [1.54, 1.807) is 60.7 Å². The van der Waals surface area contributed by atoms with Crippen molar-refractivity contribution < 1.29 is 14.4 Å². The van der Waals surface area contributed by atoms with Crippen molar-refractivity contribution >= 4 is 57.1 Å². The zero-order valence-electron chi connectivity index (χ0n) is 22.1. The predicted molar refractivity (Wildman–Crippen MR) is 165 cm³/mol. The Morgan fingerprint density at radius 2 is 1.35 bits per heavy atom. The van der Waals surface area contributed by atoms with Crippen LogP contribution in [0.4, 0.5) is 11.4 Å². The van der Waals surface area contributed by atoms with Crippen molar-refractivity contribution in [1.29, 1.82) is 0 Å². The summed E-state index contributed by atoms with van der Waals surface area (Å²) in [6.07, 6.45) is 4.90. The smallest absolute Gasteiger partial charge is 0.272 e. The molecule has 0 saturated heterocycles. The Balaban J connectivity index is 1.46. The third-order valence-electron chi connectivity index (χ3n) is 5.97. The highest BCUT2D eigenvalue weighted by atomic mass is 79.9. The highest BCUT2D eigenvalue weighted by molar-refractivity contribution is 9.10. The van der Waals surface area contributed by atoms with Crippen LogP contribution in [0, 0.1) is 0 Å². The molecule has 0 spiro atoms. The van der Waals surface area contributed by atoms with E-state index in [4.69, 9.17) is 0 Å². The summed E-state index contributed by atoms with van der Waals surface area (Å²) < 4.78 is 0.899. The lowest BCUT2D eigenvalue weighted by Crippen LogP contribution is -2.30. The Morgan fingerprint density at radius 3 is 1.98 bits per heavy atom. The summed E-state index contributed by atoms with van der Waals surface area (Å²) in [6.45, 7) is 0. The molecule has 2 N–H and O–H groups in total. The fourth-order valence-electron chi connectivity index (χ4n) is 3.74. The molecule has 0 atom stereocenters. The molecule has 7 heteroatoms. The molecule has 6 nitrogen and oxygen atoms in total. The second-order valence-corrected chi connectivity index (χ2v) is 10.1. The van der Waals surface area contributed by atoms with Gasteiger partial charge in [0.1, 0.15) is 5.70 Å². The van der Waals surface area contributed by atoms with Gasteiger partial charge in [0, 0.05) is 41.1 Å². The summed E-state index contributed by atoms with van der Waals surface area (Å²) in [5.41, 5.74) is 4.23. The van der Waals surface area contributed by atoms with Gasteiger partial charge in [-0.25, -0.2) is 0 Å². The van der Waals surface area contributed by atoms with Crippen LogP contribution in [0.1, 0.15) is 31.8 Å². The number of nitrogens with one attached hydrogen (secondary N) is 2. The SMILES string of the molecule is CN(C)c1ccc(/C=C/C(=O)c2ccc(NC(=O)/C(=C/c3ccc(Br)cc3)NC(=O)c3ccccc3)cc2)cc1. The maximum absolute atomic E-state index is 13.2. The zero-order chi connectivity index (χ0) is 28.5. The normalized spacial score (nSPS) is 11.2. The molecule has 0 saturated carbocycles. The van der Waals surface area contributed by atoms with Gasteiger partial charge in [-0.3, -0.25) is 14.4 Å². The van der Waals surface area contributed by atoms with Gasteiger partial charge in [0.15, 0.2) is 5.78 Å². The van der Waals surface area contributed by atoms with Crippen molar-refractivity contribution in [2.75, 3.05) is 24.3 Å².